The molecule has 1 unspecified atom stereocenters. The molecule has 4 heteroatoms. The van der Waals surface area contributed by atoms with Crippen LogP contribution in [0.3, 0.4) is 0 Å². The topological polar surface area (TPSA) is 58.4 Å². The van der Waals surface area contributed by atoms with Gasteiger partial charge in [-0.05, 0) is 31.8 Å². The minimum absolute atomic E-state index is 0.00674. The van der Waals surface area contributed by atoms with Crippen LogP contribution in [0.25, 0.3) is 0 Å². The van der Waals surface area contributed by atoms with Crippen molar-refractivity contribution in [3.63, 3.8) is 0 Å². The molecule has 1 aliphatic rings. The molecule has 0 saturated carbocycles. The zero-order chi connectivity index (χ0) is 12.0. The third-order valence-corrected chi connectivity index (χ3v) is 3.53. The molecule has 0 aromatic carbocycles. The van der Waals surface area contributed by atoms with Crippen LogP contribution in [-0.2, 0) is 4.79 Å². The second-order valence-corrected chi connectivity index (χ2v) is 4.94. The number of hydrogen-bond donors (Lipinski definition) is 2. The first-order valence-electron chi connectivity index (χ1n) is 6.40. The zero-order valence-corrected chi connectivity index (χ0v) is 10.5. The van der Waals surface area contributed by atoms with E-state index in [-0.39, 0.29) is 11.8 Å². The summed E-state index contributed by atoms with van der Waals surface area (Å²) in [5.74, 6) is 5.96. The highest BCUT2D eigenvalue weighted by molar-refractivity contribution is 5.77. The van der Waals surface area contributed by atoms with Crippen molar-refractivity contribution in [2.24, 2.45) is 17.7 Å². The van der Waals surface area contributed by atoms with Gasteiger partial charge >= 0.3 is 0 Å². The van der Waals surface area contributed by atoms with Crippen molar-refractivity contribution < 1.29 is 4.79 Å². The number of carbonyl (C=O) groups excluding carboxylic acids is 1. The van der Waals surface area contributed by atoms with Crippen LogP contribution in [0.5, 0.6) is 0 Å². The predicted octanol–water partition coefficient (Wildman–Crippen LogP) is 1.12. The van der Waals surface area contributed by atoms with Crippen molar-refractivity contribution in [2.75, 3.05) is 19.6 Å². The Morgan fingerprint density at radius 1 is 1.50 bits per heavy atom. The molecule has 0 aromatic rings. The minimum atomic E-state index is -0.0596. The number of hydrazine groups is 1. The summed E-state index contributed by atoms with van der Waals surface area (Å²) in [4.78, 5) is 13.7. The molecule has 94 valence electrons. The van der Waals surface area contributed by atoms with Crippen LogP contribution in [-0.4, -0.2) is 30.4 Å². The van der Waals surface area contributed by atoms with Crippen LogP contribution < -0.4 is 11.3 Å². The molecule has 1 rings (SSSR count). The van der Waals surface area contributed by atoms with Crippen LogP contribution in [0.15, 0.2) is 0 Å². The highest BCUT2D eigenvalue weighted by atomic mass is 16.2. The Bertz CT molecular complexity index is 212. The lowest BCUT2D eigenvalue weighted by Crippen LogP contribution is -2.43. The van der Waals surface area contributed by atoms with Crippen LogP contribution >= 0.6 is 0 Å². The molecule has 0 spiro atoms. The lowest BCUT2D eigenvalue weighted by atomic mass is 9.92. The lowest BCUT2D eigenvalue weighted by Gasteiger charge is -2.33. The Morgan fingerprint density at radius 2 is 2.12 bits per heavy atom. The largest absolute Gasteiger partial charge is 0.303 e. The number of nitrogens with zero attached hydrogens (tertiary/aromatic N) is 1. The van der Waals surface area contributed by atoms with E-state index in [4.69, 9.17) is 5.84 Å². The van der Waals surface area contributed by atoms with E-state index >= 15 is 0 Å². The summed E-state index contributed by atoms with van der Waals surface area (Å²) in [7, 11) is 0. The van der Waals surface area contributed by atoms with Gasteiger partial charge in [0.2, 0.25) is 5.91 Å². The zero-order valence-electron chi connectivity index (χ0n) is 10.5. The van der Waals surface area contributed by atoms with Gasteiger partial charge in [-0.25, -0.2) is 5.84 Å². The van der Waals surface area contributed by atoms with E-state index in [1.165, 1.54) is 25.7 Å². The molecule has 1 heterocycles. The van der Waals surface area contributed by atoms with Gasteiger partial charge in [0.05, 0.1) is 0 Å². The fourth-order valence-corrected chi connectivity index (χ4v) is 2.48. The fraction of sp³-hybridized carbons (Fsp3) is 0.917. The number of amides is 1. The number of carbonyl (C=O) groups is 1. The molecule has 3 N–H and O–H groups in total. The maximum atomic E-state index is 11.3. The summed E-state index contributed by atoms with van der Waals surface area (Å²) in [6.45, 7) is 7.28. The number of nitrogens with two attached hydrogens (primary N) is 1. The summed E-state index contributed by atoms with van der Waals surface area (Å²) in [6, 6.07) is 0. The Balaban J connectivity index is 2.24. The highest BCUT2D eigenvalue weighted by Gasteiger charge is 2.21. The van der Waals surface area contributed by atoms with Crippen LogP contribution in [0, 0.1) is 11.8 Å². The van der Waals surface area contributed by atoms with Gasteiger partial charge in [0.1, 0.15) is 0 Å². The Hall–Kier alpha value is -0.610. The van der Waals surface area contributed by atoms with Gasteiger partial charge < -0.3 is 4.90 Å². The van der Waals surface area contributed by atoms with E-state index in [0.29, 0.717) is 0 Å². The quantitative estimate of drug-likeness (QED) is 0.420. The van der Waals surface area contributed by atoms with Gasteiger partial charge in [-0.1, -0.05) is 26.7 Å². The van der Waals surface area contributed by atoms with E-state index in [2.05, 4.69) is 17.2 Å². The summed E-state index contributed by atoms with van der Waals surface area (Å²) in [6.07, 6.45) is 5.21. The van der Waals surface area contributed by atoms with Crippen molar-refractivity contribution in [3.8, 4) is 0 Å². The predicted molar refractivity (Wildman–Crippen MR) is 65.6 cm³/mol. The second kappa shape index (κ2) is 6.86. The molecule has 16 heavy (non-hydrogen) atoms. The van der Waals surface area contributed by atoms with Gasteiger partial charge in [-0.15, -0.1) is 0 Å². The average molecular weight is 227 g/mol. The van der Waals surface area contributed by atoms with Gasteiger partial charge in [-0.2, -0.15) is 0 Å². The smallest absolute Gasteiger partial charge is 0.237 e. The summed E-state index contributed by atoms with van der Waals surface area (Å²) in [5.41, 5.74) is 2.22. The summed E-state index contributed by atoms with van der Waals surface area (Å²) in [5, 5.41) is 0. The van der Waals surface area contributed by atoms with E-state index in [9.17, 15) is 4.79 Å². The molecule has 0 aliphatic carbocycles. The fourth-order valence-electron chi connectivity index (χ4n) is 2.48. The number of likely N-dealkylation sites (tertiary alicyclic amines) is 1. The normalized spacial score (nSPS) is 20.7. The van der Waals surface area contributed by atoms with E-state index in [1.54, 1.807) is 0 Å². The van der Waals surface area contributed by atoms with Crippen LogP contribution in [0.1, 0.15) is 39.5 Å². The van der Waals surface area contributed by atoms with Gasteiger partial charge in [0.25, 0.3) is 0 Å². The number of hydrogen-bond acceptors (Lipinski definition) is 3. The van der Waals surface area contributed by atoms with Crippen LogP contribution in [0.4, 0.5) is 0 Å². The molecule has 1 atom stereocenters. The number of piperidine rings is 1. The molecule has 0 aromatic heterocycles. The number of nitrogens with one attached hydrogen (secondary N) is 1. The maximum Gasteiger partial charge on any atom is 0.237 e. The number of rotatable bonds is 5. The SMILES string of the molecule is CCCC1CCN(CC(C)C(=O)NN)CC1. The Kier molecular flexibility index (Phi) is 5.77. The van der Waals surface area contributed by atoms with E-state index in [0.717, 1.165) is 25.6 Å². The lowest BCUT2D eigenvalue weighted by molar-refractivity contribution is -0.125. The summed E-state index contributed by atoms with van der Waals surface area (Å²) >= 11 is 0. The Labute approximate surface area is 98.5 Å². The minimum Gasteiger partial charge on any atom is -0.303 e. The van der Waals surface area contributed by atoms with Crippen molar-refractivity contribution in [1.29, 1.82) is 0 Å². The molecule has 0 bridgehead atoms. The molecule has 0 radical (unpaired) electrons. The van der Waals surface area contributed by atoms with Crippen LogP contribution in [0.2, 0.25) is 0 Å². The molecular formula is C12H25N3O. The summed E-state index contributed by atoms with van der Waals surface area (Å²) < 4.78 is 0. The van der Waals surface area contributed by atoms with Gasteiger partial charge in [0, 0.05) is 12.5 Å². The van der Waals surface area contributed by atoms with Crippen molar-refractivity contribution in [2.45, 2.75) is 39.5 Å². The monoisotopic (exact) mass is 227 g/mol. The maximum absolute atomic E-state index is 11.3. The molecule has 4 nitrogen and oxygen atoms in total. The third-order valence-electron chi connectivity index (χ3n) is 3.53. The van der Waals surface area contributed by atoms with Crippen molar-refractivity contribution in [3.05, 3.63) is 0 Å². The molecule has 1 amide bonds. The molecule has 1 aliphatic heterocycles. The average Bonchev–Trinajstić information content (AvgIpc) is 2.31. The first-order valence-corrected chi connectivity index (χ1v) is 6.40. The molecule has 1 saturated heterocycles. The second-order valence-electron chi connectivity index (χ2n) is 4.94. The van der Waals surface area contributed by atoms with Crippen molar-refractivity contribution in [1.82, 2.24) is 10.3 Å². The van der Waals surface area contributed by atoms with Gasteiger partial charge in [-0.3, -0.25) is 10.2 Å². The molecule has 1 fully saturated rings. The third kappa shape index (κ3) is 4.10. The van der Waals surface area contributed by atoms with Gasteiger partial charge in [0.15, 0.2) is 0 Å². The standard InChI is InChI=1S/C12H25N3O/c1-3-4-11-5-7-15(8-6-11)9-10(2)12(16)14-13/h10-11H,3-9,13H2,1-2H3,(H,14,16). The van der Waals surface area contributed by atoms with E-state index in [1.807, 2.05) is 6.92 Å². The molecular weight excluding hydrogens is 202 g/mol. The Morgan fingerprint density at radius 3 is 2.62 bits per heavy atom. The highest BCUT2D eigenvalue weighted by Crippen LogP contribution is 2.22. The first-order chi connectivity index (χ1) is 7.67. The van der Waals surface area contributed by atoms with Crippen molar-refractivity contribution >= 4 is 5.91 Å². The van der Waals surface area contributed by atoms with E-state index < -0.39 is 0 Å². The first kappa shape index (κ1) is 13.5.